The number of hydrogen-bond donors (Lipinski definition) is 3. The molecule has 1 aliphatic rings. The van der Waals surface area contributed by atoms with Crippen molar-refractivity contribution >= 4 is 27.9 Å². The fraction of sp³-hybridized carbons (Fsp3) is 0.500. The average molecular weight is 295 g/mol. The Balaban J connectivity index is 2.24. The summed E-state index contributed by atoms with van der Waals surface area (Å²) in [5.41, 5.74) is 6.49. The van der Waals surface area contributed by atoms with Gasteiger partial charge in [-0.3, -0.25) is 4.79 Å². The lowest BCUT2D eigenvalue weighted by atomic mass is 10.3. The molecule has 1 saturated carbocycles. The molecule has 0 radical (unpaired) electrons. The van der Waals surface area contributed by atoms with Crippen LogP contribution in [-0.2, 0) is 0 Å². The van der Waals surface area contributed by atoms with Crippen LogP contribution in [0.3, 0.4) is 0 Å². The second-order valence-corrected chi connectivity index (χ2v) is 6.11. The molecular weight excluding hydrogens is 274 g/mol. The summed E-state index contributed by atoms with van der Waals surface area (Å²) in [6.45, 7) is 8.12. The molecule has 4 N–H and O–H groups in total. The predicted octanol–water partition coefficient (Wildman–Crippen LogP) is 2.61. The number of carbonyl (C=O) groups excluding carboxylic acids is 1. The summed E-state index contributed by atoms with van der Waals surface area (Å²) in [5.74, 6) is 0.447. The maximum absolute atomic E-state index is 12.2. The van der Waals surface area contributed by atoms with E-state index in [0.717, 1.165) is 17.8 Å². The lowest BCUT2D eigenvalue weighted by Crippen LogP contribution is -2.25. The SMILES string of the molecule is C=CCNc1sc(C(=O)NC2CC2)c(N)c1OC(C)C. The Bertz CT molecular complexity index is 507. The topological polar surface area (TPSA) is 76.4 Å². The predicted molar refractivity (Wildman–Crippen MR) is 83.7 cm³/mol. The molecule has 6 heteroatoms. The van der Waals surface area contributed by atoms with Crippen LogP contribution < -0.4 is 21.1 Å². The van der Waals surface area contributed by atoms with Crippen LogP contribution in [0.25, 0.3) is 0 Å². The number of ether oxygens (including phenoxy) is 1. The first kappa shape index (κ1) is 14.7. The summed E-state index contributed by atoms with van der Waals surface area (Å²) in [5, 5.41) is 6.89. The maximum Gasteiger partial charge on any atom is 0.263 e. The zero-order chi connectivity index (χ0) is 14.7. The van der Waals surface area contributed by atoms with Crippen molar-refractivity contribution < 1.29 is 9.53 Å². The van der Waals surface area contributed by atoms with Gasteiger partial charge in [0, 0.05) is 12.6 Å². The van der Waals surface area contributed by atoms with Crippen molar-refractivity contribution in [3.63, 3.8) is 0 Å². The number of carbonyl (C=O) groups is 1. The number of thiophene rings is 1. The Labute approximate surface area is 123 Å². The number of rotatable bonds is 7. The molecule has 1 aromatic rings. The molecule has 0 unspecified atom stereocenters. The molecule has 1 fully saturated rings. The van der Waals surface area contributed by atoms with Crippen LogP contribution in [0.15, 0.2) is 12.7 Å². The fourth-order valence-electron chi connectivity index (χ4n) is 1.71. The summed E-state index contributed by atoms with van der Waals surface area (Å²) >= 11 is 1.32. The van der Waals surface area contributed by atoms with Gasteiger partial charge in [-0.2, -0.15) is 0 Å². The van der Waals surface area contributed by atoms with E-state index in [0.29, 0.717) is 28.9 Å². The van der Waals surface area contributed by atoms with Crippen molar-refractivity contribution in [3.8, 4) is 5.75 Å². The smallest absolute Gasteiger partial charge is 0.263 e. The third-order valence-corrected chi connectivity index (χ3v) is 3.92. The molecule has 20 heavy (non-hydrogen) atoms. The van der Waals surface area contributed by atoms with Crippen molar-refractivity contribution in [1.82, 2.24) is 5.32 Å². The fourth-order valence-corrected chi connectivity index (χ4v) is 2.67. The maximum atomic E-state index is 12.2. The number of anilines is 2. The highest BCUT2D eigenvalue weighted by atomic mass is 32.1. The number of hydrogen-bond acceptors (Lipinski definition) is 5. The zero-order valence-corrected chi connectivity index (χ0v) is 12.7. The molecule has 2 rings (SSSR count). The standard InChI is InChI=1S/C14H21N3O2S/c1-4-7-16-14-11(19-8(2)3)10(15)12(20-14)13(18)17-9-5-6-9/h4,8-9,16H,1,5-7,15H2,2-3H3,(H,17,18). The molecule has 5 nitrogen and oxygen atoms in total. The molecule has 0 bridgehead atoms. The van der Waals surface area contributed by atoms with Crippen LogP contribution in [0, 0.1) is 0 Å². The highest BCUT2D eigenvalue weighted by Crippen LogP contribution is 2.43. The molecule has 110 valence electrons. The lowest BCUT2D eigenvalue weighted by Gasteiger charge is -2.12. The largest absolute Gasteiger partial charge is 0.486 e. The van der Waals surface area contributed by atoms with E-state index in [1.807, 2.05) is 13.8 Å². The van der Waals surface area contributed by atoms with Crippen LogP contribution >= 0.6 is 11.3 Å². The lowest BCUT2D eigenvalue weighted by molar-refractivity contribution is 0.0955. The van der Waals surface area contributed by atoms with Crippen LogP contribution in [0.2, 0.25) is 0 Å². The van der Waals surface area contributed by atoms with Crippen LogP contribution in [0.1, 0.15) is 36.4 Å². The molecule has 0 aromatic carbocycles. The minimum atomic E-state index is -0.116. The molecule has 0 spiro atoms. The number of nitrogens with two attached hydrogens (primary N) is 1. The van der Waals surface area contributed by atoms with E-state index in [9.17, 15) is 4.79 Å². The van der Waals surface area contributed by atoms with Gasteiger partial charge in [0.25, 0.3) is 5.91 Å². The molecule has 1 aliphatic carbocycles. The van der Waals surface area contributed by atoms with E-state index < -0.39 is 0 Å². The van der Waals surface area contributed by atoms with Crippen molar-refractivity contribution in [2.75, 3.05) is 17.6 Å². The highest BCUT2D eigenvalue weighted by Gasteiger charge is 2.28. The van der Waals surface area contributed by atoms with E-state index in [4.69, 9.17) is 10.5 Å². The van der Waals surface area contributed by atoms with E-state index in [2.05, 4.69) is 17.2 Å². The Morgan fingerprint density at radius 3 is 2.85 bits per heavy atom. The Kier molecular flexibility index (Phi) is 4.54. The molecule has 0 atom stereocenters. The van der Waals surface area contributed by atoms with Gasteiger partial charge in [-0.25, -0.2) is 0 Å². The summed E-state index contributed by atoms with van der Waals surface area (Å²) < 4.78 is 5.73. The third kappa shape index (κ3) is 3.45. The molecule has 0 saturated heterocycles. The number of nitrogens with one attached hydrogen (secondary N) is 2. The molecule has 0 aliphatic heterocycles. The van der Waals surface area contributed by atoms with Gasteiger partial charge >= 0.3 is 0 Å². The van der Waals surface area contributed by atoms with Gasteiger partial charge in [0.1, 0.15) is 15.6 Å². The highest BCUT2D eigenvalue weighted by molar-refractivity contribution is 7.19. The van der Waals surface area contributed by atoms with Gasteiger partial charge in [-0.1, -0.05) is 6.08 Å². The normalized spacial score (nSPS) is 14.2. The minimum absolute atomic E-state index is 0.00414. The summed E-state index contributed by atoms with van der Waals surface area (Å²) in [6.07, 6.45) is 3.84. The van der Waals surface area contributed by atoms with Gasteiger partial charge in [-0.05, 0) is 26.7 Å². The second-order valence-electron chi connectivity index (χ2n) is 5.09. The second kappa shape index (κ2) is 6.17. The summed E-state index contributed by atoms with van der Waals surface area (Å²) in [4.78, 5) is 12.7. The molecular formula is C14H21N3O2S. The molecule has 1 aromatic heterocycles. The van der Waals surface area contributed by atoms with Crippen molar-refractivity contribution in [3.05, 3.63) is 17.5 Å². The van der Waals surface area contributed by atoms with E-state index in [1.54, 1.807) is 6.08 Å². The molecule has 1 amide bonds. The molecule has 1 heterocycles. The number of amides is 1. The average Bonchev–Trinajstić information content (AvgIpc) is 3.14. The number of nitrogen functional groups attached to an aromatic ring is 1. The zero-order valence-electron chi connectivity index (χ0n) is 11.9. The van der Waals surface area contributed by atoms with Gasteiger partial charge < -0.3 is 21.1 Å². The van der Waals surface area contributed by atoms with E-state index in [1.165, 1.54) is 11.3 Å². The monoisotopic (exact) mass is 295 g/mol. The van der Waals surface area contributed by atoms with Gasteiger partial charge in [0.05, 0.1) is 6.10 Å². The summed E-state index contributed by atoms with van der Waals surface area (Å²) in [7, 11) is 0. The van der Waals surface area contributed by atoms with Crippen LogP contribution in [-0.4, -0.2) is 24.6 Å². The summed E-state index contributed by atoms with van der Waals surface area (Å²) in [6, 6.07) is 0.308. The van der Waals surface area contributed by atoms with E-state index in [-0.39, 0.29) is 12.0 Å². The van der Waals surface area contributed by atoms with E-state index >= 15 is 0 Å². The quantitative estimate of drug-likeness (QED) is 0.676. The van der Waals surface area contributed by atoms with Gasteiger partial charge in [0.15, 0.2) is 5.75 Å². The Hall–Kier alpha value is -1.69. The Morgan fingerprint density at radius 1 is 1.60 bits per heavy atom. The van der Waals surface area contributed by atoms with Gasteiger partial charge in [0.2, 0.25) is 0 Å². The van der Waals surface area contributed by atoms with Crippen molar-refractivity contribution in [2.45, 2.75) is 38.8 Å². The first-order valence-electron chi connectivity index (χ1n) is 6.77. The van der Waals surface area contributed by atoms with Crippen molar-refractivity contribution in [1.29, 1.82) is 0 Å². The van der Waals surface area contributed by atoms with Crippen molar-refractivity contribution in [2.24, 2.45) is 0 Å². The first-order chi connectivity index (χ1) is 9.52. The van der Waals surface area contributed by atoms with Crippen LogP contribution in [0.5, 0.6) is 5.75 Å². The van der Waals surface area contributed by atoms with Gasteiger partial charge in [-0.15, -0.1) is 17.9 Å². The minimum Gasteiger partial charge on any atom is -0.486 e. The third-order valence-electron chi connectivity index (χ3n) is 2.78. The van der Waals surface area contributed by atoms with Crippen LogP contribution in [0.4, 0.5) is 10.7 Å². The Morgan fingerprint density at radius 2 is 2.30 bits per heavy atom. The first-order valence-corrected chi connectivity index (χ1v) is 7.59.